The van der Waals surface area contributed by atoms with E-state index in [0.717, 1.165) is 5.56 Å². The van der Waals surface area contributed by atoms with E-state index in [2.05, 4.69) is 10.3 Å². The van der Waals surface area contributed by atoms with Gasteiger partial charge < -0.3 is 11.1 Å². The minimum absolute atomic E-state index is 0.0238. The van der Waals surface area contributed by atoms with Crippen molar-refractivity contribution < 1.29 is 4.92 Å². The number of nitrogens with two attached hydrogens (primary N) is 1. The van der Waals surface area contributed by atoms with Gasteiger partial charge in [-0.2, -0.15) is 0 Å². The summed E-state index contributed by atoms with van der Waals surface area (Å²) in [6.07, 6.45) is 0. The van der Waals surface area contributed by atoms with Gasteiger partial charge in [-0.15, -0.1) is 0 Å². The molecule has 3 N–H and O–H groups in total. The van der Waals surface area contributed by atoms with E-state index < -0.39 is 4.92 Å². The quantitative estimate of drug-likeness (QED) is 0.506. The van der Waals surface area contributed by atoms with Crippen LogP contribution in [0.15, 0.2) is 36.4 Å². The number of aryl methyl sites for hydroxylation is 1. The van der Waals surface area contributed by atoms with Gasteiger partial charge in [0.2, 0.25) is 0 Å². The highest BCUT2D eigenvalue weighted by Crippen LogP contribution is 2.22. The molecule has 6 heteroatoms. The predicted molar refractivity (Wildman–Crippen MR) is 78.5 cm³/mol. The number of nitrogens with one attached hydrogen (secondary N) is 1. The fourth-order valence-corrected chi connectivity index (χ4v) is 1.92. The van der Waals surface area contributed by atoms with E-state index in [0.29, 0.717) is 17.2 Å². The van der Waals surface area contributed by atoms with Gasteiger partial charge in [-0.3, -0.25) is 10.1 Å². The molecule has 0 amide bonds. The van der Waals surface area contributed by atoms with Gasteiger partial charge in [0, 0.05) is 17.8 Å². The van der Waals surface area contributed by atoms with E-state index in [-0.39, 0.29) is 11.7 Å². The average molecular weight is 272 g/mol. The minimum Gasteiger partial charge on any atom is -0.399 e. The first-order valence-electron chi connectivity index (χ1n) is 6.21. The van der Waals surface area contributed by atoms with Crippen LogP contribution in [-0.2, 0) is 0 Å². The second kappa shape index (κ2) is 5.56. The van der Waals surface area contributed by atoms with Gasteiger partial charge in [0.05, 0.1) is 4.92 Å². The second-order valence-corrected chi connectivity index (χ2v) is 4.59. The maximum atomic E-state index is 10.7. The number of anilines is 2. The summed E-state index contributed by atoms with van der Waals surface area (Å²) in [6, 6.07) is 10.6. The van der Waals surface area contributed by atoms with E-state index in [9.17, 15) is 10.1 Å². The molecule has 1 aromatic carbocycles. The van der Waals surface area contributed by atoms with E-state index in [1.807, 2.05) is 31.2 Å². The van der Waals surface area contributed by atoms with Crippen LogP contribution in [-0.4, -0.2) is 9.91 Å². The van der Waals surface area contributed by atoms with Gasteiger partial charge in [-0.05, 0) is 37.6 Å². The minimum atomic E-state index is -0.435. The Hall–Kier alpha value is -2.63. The summed E-state index contributed by atoms with van der Waals surface area (Å²) in [6.45, 7) is 3.61. The SMILES string of the molecule is Cc1nc(NC(C)c2ccc(N)cc2)ccc1[N+](=O)[O-]. The van der Waals surface area contributed by atoms with Crippen LogP contribution >= 0.6 is 0 Å². The van der Waals surface area contributed by atoms with Crippen LogP contribution in [0.2, 0.25) is 0 Å². The Bertz CT molecular complexity index is 626. The molecule has 0 saturated heterocycles. The van der Waals surface area contributed by atoms with Crippen LogP contribution in [0.5, 0.6) is 0 Å². The summed E-state index contributed by atoms with van der Waals surface area (Å²) in [5.41, 5.74) is 7.84. The Labute approximate surface area is 116 Å². The highest BCUT2D eigenvalue weighted by atomic mass is 16.6. The van der Waals surface area contributed by atoms with Crippen molar-refractivity contribution in [1.29, 1.82) is 0 Å². The standard InChI is InChI=1S/C14H16N4O2/c1-9(11-3-5-12(15)6-4-11)16-14-8-7-13(18(19)20)10(2)17-14/h3-9H,15H2,1-2H3,(H,16,17). The number of pyridine rings is 1. The molecule has 0 aliphatic heterocycles. The molecule has 20 heavy (non-hydrogen) atoms. The molecular weight excluding hydrogens is 256 g/mol. The molecule has 104 valence electrons. The third kappa shape index (κ3) is 3.03. The molecule has 1 atom stereocenters. The third-order valence-corrected chi connectivity index (χ3v) is 3.06. The lowest BCUT2D eigenvalue weighted by molar-refractivity contribution is -0.385. The van der Waals surface area contributed by atoms with Crippen LogP contribution in [0.4, 0.5) is 17.2 Å². The number of aromatic nitrogens is 1. The molecule has 0 fully saturated rings. The molecule has 1 unspecified atom stereocenters. The number of nitro groups is 1. The maximum Gasteiger partial charge on any atom is 0.290 e. The average Bonchev–Trinajstić information content (AvgIpc) is 2.39. The Kier molecular flexibility index (Phi) is 3.84. The molecular formula is C14H16N4O2. The van der Waals surface area contributed by atoms with Crippen LogP contribution in [0.3, 0.4) is 0 Å². The summed E-state index contributed by atoms with van der Waals surface area (Å²) in [4.78, 5) is 14.5. The van der Waals surface area contributed by atoms with Crippen molar-refractivity contribution in [2.24, 2.45) is 0 Å². The van der Waals surface area contributed by atoms with Gasteiger partial charge in [-0.1, -0.05) is 12.1 Å². The summed E-state index contributed by atoms with van der Waals surface area (Å²) < 4.78 is 0. The topological polar surface area (TPSA) is 94.1 Å². The monoisotopic (exact) mass is 272 g/mol. The number of benzene rings is 1. The molecule has 2 aromatic rings. The molecule has 0 bridgehead atoms. The number of rotatable bonds is 4. The Morgan fingerprint density at radius 1 is 1.25 bits per heavy atom. The smallest absolute Gasteiger partial charge is 0.290 e. The van der Waals surface area contributed by atoms with Gasteiger partial charge in [0.15, 0.2) is 0 Å². The Morgan fingerprint density at radius 2 is 1.90 bits per heavy atom. The van der Waals surface area contributed by atoms with Crippen molar-refractivity contribution in [3.05, 3.63) is 57.8 Å². The van der Waals surface area contributed by atoms with E-state index in [4.69, 9.17) is 5.73 Å². The molecule has 0 saturated carbocycles. The molecule has 0 radical (unpaired) electrons. The maximum absolute atomic E-state index is 10.7. The molecule has 1 aromatic heterocycles. The normalized spacial score (nSPS) is 11.9. The molecule has 6 nitrogen and oxygen atoms in total. The van der Waals surface area contributed by atoms with Crippen molar-refractivity contribution in [2.75, 3.05) is 11.1 Å². The first-order valence-corrected chi connectivity index (χ1v) is 6.21. The number of nitrogens with zero attached hydrogens (tertiary/aromatic N) is 2. The zero-order valence-electron chi connectivity index (χ0n) is 11.3. The lowest BCUT2D eigenvalue weighted by Gasteiger charge is -2.15. The van der Waals surface area contributed by atoms with Crippen molar-refractivity contribution >= 4 is 17.2 Å². The van der Waals surface area contributed by atoms with Gasteiger partial charge in [0.25, 0.3) is 5.69 Å². The van der Waals surface area contributed by atoms with Crippen LogP contribution < -0.4 is 11.1 Å². The first-order chi connectivity index (χ1) is 9.47. The lowest BCUT2D eigenvalue weighted by Crippen LogP contribution is -2.08. The number of hydrogen-bond acceptors (Lipinski definition) is 5. The van der Waals surface area contributed by atoms with Gasteiger partial charge in [-0.25, -0.2) is 4.98 Å². The number of nitrogen functional groups attached to an aromatic ring is 1. The summed E-state index contributed by atoms with van der Waals surface area (Å²) in [5.74, 6) is 0.609. The highest BCUT2D eigenvalue weighted by Gasteiger charge is 2.13. The van der Waals surface area contributed by atoms with Crippen molar-refractivity contribution in [3.8, 4) is 0 Å². The van der Waals surface area contributed by atoms with Crippen LogP contribution in [0, 0.1) is 17.0 Å². The zero-order valence-corrected chi connectivity index (χ0v) is 11.3. The second-order valence-electron chi connectivity index (χ2n) is 4.59. The fraction of sp³-hybridized carbons (Fsp3) is 0.214. The lowest BCUT2D eigenvalue weighted by atomic mass is 10.1. The van der Waals surface area contributed by atoms with Gasteiger partial charge in [0.1, 0.15) is 11.5 Å². The van der Waals surface area contributed by atoms with E-state index in [1.165, 1.54) is 6.07 Å². The molecule has 1 heterocycles. The summed E-state index contributed by atoms with van der Waals surface area (Å²) >= 11 is 0. The Balaban J connectivity index is 2.15. The largest absolute Gasteiger partial charge is 0.399 e. The van der Waals surface area contributed by atoms with Crippen molar-refractivity contribution in [2.45, 2.75) is 19.9 Å². The third-order valence-electron chi connectivity index (χ3n) is 3.06. The zero-order chi connectivity index (χ0) is 14.7. The van der Waals surface area contributed by atoms with Crippen molar-refractivity contribution in [3.63, 3.8) is 0 Å². The van der Waals surface area contributed by atoms with E-state index in [1.54, 1.807) is 13.0 Å². The molecule has 0 aliphatic rings. The first kappa shape index (κ1) is 13.8. The number of hydrogen-bond donors (Lipinski definition) is 2. The summed E-state index contributed by atoms with van der Waals surface area (Å²) in [5, 5.41) is 14.0. The predicted octanol–water partition coefficient (Wildman–Crippen LogP) is 3.05. The van der Waals surface area contributed by atoms with E-state index >= 15 is 0 Å². The van der Waals surface area contributed by atoms with Crippen LogP contribution in [0.25, 0.3) is 0 Å². The molecule has 0 aliphatic carbocycles. The van der Waals surface area contributed by atoms with Crippen molar-refractivity contribution in [1.82, 2.24) is 4.98 Å². The molecule has 2 rings (SSSR count). The van der Waals surface area contributed by atoms with Crippen LogP contribution in [0.1, 0.15) is 24.2 Å². The molecule has 0 spiro atoms. The fourth-order valence-electron chi connectivity index (χ4n) is 1.92. The van der Waals surface area contributed by atoms with Gasteiger partial charge >= 0.3 is 0 Å². The highest BCUT2D eigenvalue weighted by molar-refractivity contribution is 5.47. The Morgan fingerprint density at radius 3 is 2.45 bits per heavy atom. The summed E-state index contributed by atoms with van der Waals surface area (Å²) in [7, 11) is 0.